The quantitative estimate of drug-likeness (QED) is 0.795. The molecule has 2 heterocycles. The van der Waals surface area contributed by atoms with E-state index in [0.29, 0.717) is 13.0 Å². The Labute approximate surface area is 145 Å². The molecule has 6 nitrogen and oxygen atoms in total. The number of carboxylic acids is 1. The highest BCUT2D eigenvalue weighted by molar-refractivity contribution is 5.80. The maximum atomic E-state index is 11.6. The van der Waals surface area contributed by atoms with E-state index in [0.717, 1.165) is 31.4 Å². The summed E-state index contributed by atoms with van der Waals surface area (Å²) in [6.07, 6.45) is 8.04. The van der Waals surface area contributed by atoms with Gasteiger partial charge in [0.25, 0.3) is 0 Å². The SMILES string of the molecule is O=C(O)C12CCC(n3cc(Cn4ccc5ccccc54)nn3)(CC1)C2. The van der Waals surface area contributed by atoms with Crippen molar-refractivity contribution in [3.63, 3.8) is 0 Å². The summed E-state index contributed by atoms with van der Waals surface area (Å²) in [4.78, 5) is 11.6. The second-order valence-corrected chi connectivity index (χ2v) is 7.64. The average molecular weight is 336 g/mol. The summed E-state index contributed by atoms with van der Waals surface area (Å²) in [6, 6.07) is 10.4. The van der Waals surface area contributed by atoms with Crippen LogP contribution in [0.2, 0.25) is 0 Å². The van der Waals surface area contributed by atoms with Crippen molar-refractivity contribution in [1.29, 1.82) is 0 Å². The molecule has 0 atom stereocenters. The molecule has 3 aromatic rings. The van der Waals surface area contributed by atoms with E-state index in [-0.39, 0.29) is 5.54 Å². The fourth-order valence-corrected chi connectivity index (χ4v) is 4.83. The van der Waals surface area contributed by atoms with Crippen LogP contribution < -0.4 is 0 Å². The molecule has 2 bridgehead atoms. The summed E-state index contributed by atoms with van der Waals surface area (Å²) < 4.78 is 4.12. The third-order valence-corrected chi connectivity index (χ3v) is 6.30. The molecule has 2 aromatic heterocycles. The molecule has 0 unspecified atom stereocenters. The van der Waals surface area contributed by atoms with Crippen LogP contribution in [0.4, 0.5) is 0 Å². The zero-order chi connectivity index (χ0) is 17.1. The average Bonchev–Trinajstić information content (AvgIpc) is 3.38. The standard InChI is InChI=1S/C19H20N4O2/c24-17(25)18-6-8-19(13-18,9-7-18)23-12-15(20-21-23)11-22-10-5-14-3-1-2-4-16(14)22/h1-5,10,12H,6-9,11,13H2,(H,24,25). The van der Waals surface area contributed by atoms with E-state index in [4.69, 9.17) is 0 Å². The smallest absolute Gasteiger partial charge is 0.309 e. The van der Waals surface area contributed by atoms with E-state index >= 15 is 0 Å². The van der Waals surface area contributed by atoms with Gasteiger partial charge in [-0.05, 0) is 49.6 Å². The fourth-order valence-electron chi connectivity index (χ4n) is 4.83. The predicted molar refractivity (Wildman–Crippen MR) is 92.2 cm³/mol. The second-order valence-electron chi connectivity index (χ2n) is 7.64. The minimum atomic E-state index is -0.647. The largest absolute Gasteiger partial charge is 0.481 e. The van der Waals surface area contributed by atoms with E-state index in [1.54, 1.807) is 0 Å². The Morgan fingerprint density at radius 3 is 2.72 bits per heavy atom. The lowest BCUT2D eigenvalue weighted by Crippen LogP contribution is -2.29. The summed E-state index contributed by atoms with van der Waals surface area (Å²) in [5.74, 6) is -0.647. The first-order chi connectivity index (χ1) is 12.1. The highest BCUT2D eigenvalue weighted by Crippen LogP contribution is 2.59. The Morgan fingerprint density at radius 1 is 1.16 bits per heavy atom. The van der Waals surface area contributed by atoms with Gasteiger partial charge >= 0.3 is 5.97 Å². The number of hydrogen-bond acceptors (Lipinski definition) is 3. The number of fused-ring (bicyclic) bond motifs is 3. The summed E-state index contributed by atoms with van der Waals surface area (Å²) in [5.41, 5.74) is 1.41. The van der Waals surface area contributed by atoms with E-state index in [9.17, 15) is 9.90 Å². The Hall–Kier alpha value is -2.63. The van der Waals surface area contributed by atoms with Crippen LogP contribution in [-0.4, -0.2) is 30.6 Å². The van der Waals surface area contributed by atoms with Crippen LogP contribution in [0.5, 0.6) is 0 Å². The molecule has 1 N–H and O–H groups in total. The molecule has 0 radical (unpaired) electrons. The van der Waals surface area contributed by atoms with Crippen molar-refractivity contribution in [2.24, 2.45) is 5.41 Å². The van der Waals surface area contributed by atoms with Gasteiger partial charge in [-0.3, -0.25) is 4.79 Å². The van der Waals surface area contributed by atoms with Gasteiger partial charge in [-0.15, -0.1) is 5.10 Å². The molecular weight excluding hydrogens is 316 g/mol. The Kier molecular flexibility index (Phi) is 2.90. The van der Waals surface area contributed by atoms with Gasteiger partial charge in [0, 0.05) is 11.7 Å². The second kappa shape index (κ2) is 4.94. The van der Waals surface area contributed by atoms with Gasteiger partial charge in [0.1, 0.15) is 5.69 Å². The zero-order valence-electron chi connectivity index (χ0n) is 13.9. The summed E-state index contributed by atoms with van der Waals surface area (Å²) >= 11 is 0. The van der Waals surface area contributed by atoms with E-state index in [2.05, 4.69) is 39.3 Å². The predicted octanol–water partition coefficient (Wildman–Crippen LogP) is 3.03. The van der Waals surface area contributed by atoms with Crippen LogP contribution >= 0.6 is 0 Å². The Balaban J connectivity index is 1.42. The summed E-state index contributed by atoms with van der Waals surface area (Å²) in [6.45, 7) is 0.674. The van der Waals surface area contributed by atoms with Crippen LogP contribution in [-0.2, 0) is 16.9 Å². The minimum absolute atomic E-state index is 0.150. The Bertz CT molecular complexity index is 963. The first-order valence-electron chi connectivity index (χ1n) is 8.79. The molecule has 0 aliphatic heterocycles. The maximum absolute atomic E-state index is 11.6. The van der Waals surface area contributed by atoms with Crippen molar-refractivity contribution in [2.45, 2.75) is 44.2 Å². The molecule has 2 aliphatic rings. The monoisotopic (exact) mass is 336 g/mol. The molecule has 0 amide bonds. The first kappa shape index (κ1) is 14.7. The number of carbonyl (C=O) groups is 1. The van der Waals surface area contributed by atoms with Gasteiger partial charge in [0.05, 0.1) is 23.7 Å². The lowest BCUT2D eigenvalue weighted by atomic mass is 9.84. The molecule has 0 spiro atoms. The lowest BCUT2D eigenvalue weighted by Gasteiger charge is -2.26. The molecule has 1 aromatic carbocycles. The third-order valence-electron chi connectivity index (χ3n) is 6.30. The van der Waals surface area contributed by atoms with Crippen LogP contribution in [0.3, 0.4) is 0 Å². The number of aromatic nitrogens is 4. The molecule has 0 saturated heterocycles. The third kappa shape index (κ3) is 2.06. The molecule has 2 fully saturated rings. The van der Waals surface area contributed by atoms with Crippen molar-refractivity contribution < 1.29 is 9.90 Å². The molecule has 25 heavy (non-hydrogen) atoms. The normalized spacial score (nSPS) is 28.0. The van der Waals surface area contributed by atoms with Gasteiger partial charge in [-0.1, -0.05) is 23.4 Å². The molecule has 5 rings (SSSR count). The Morgan fingerprint density at radius 2 is 1.96 bits per heavy atom. The van der Waals surface area contributed by atoms with Crippen molar-refractivity contribution in [1.82, 2.24) is 19.6 Å². The van der Waals surface area contributed by atoms with Crippen molar-refractivity contribution in [2.75, 3.05) is 0 Å². The zero-order valence-corrected chi connectivity index (χ0v) is 13.9. The lowest BCUT2D eigenvalue weighted by molar-refractivity contribution is -0.148. The topological polar surface area (TPSA) is 72.9 Å². The molecular formula is C19H20N4O2. The van der Waals surface area contributed by atoms with Crippen LogP contribution in [0.1, 0.15) is 37.8 Å². The van der Waals surface area contributed by atoms with E-state index in [1.165, 1.54) is 10.9 Å². The van der Waals surface area contributed by atoms with Crippen LogP contribution in [0.25, 0.3) is 10.9 Å². The number of nitrogens with zero attached hydrogens (tertiary/aromatic N) is 4. The number of carboxylic acid groups (broad SMARTS) is 1. The highest BCUT2D eigenvalue weighted by Gasteiger charge is 2.59. The van der Waals surface area contributed by atoms with E-state index in [1.807, 2.05) is 23.0 Å². The van der Waals surface area contributed by atoms with Gasteiger partial charge in [0.15, 0.2) is 0 Å². The number of hydrogen-bond donors (Lipinski definition) is 1. The molecule has 6 heteroatoms. The fraction of sp³-hybridized carbons (Fsp3) is 0.421. The maximum Gasteiger partial charge on any atom is 0.309 e. The number of rotatable bonds is 4. The highest BCUT2D eigenvalue weighted by atomic mass is 16.4. The number of aliphatic carboxylic acids is 1. The van der Waals surface area contributed by atoms with E-state index < -0.39 is 11.4 Å². The van der Waals surface area contributed by atoms with Gasteiger partial charge in [-0.2, -0.15) is 0 Å². The van der Waals surface area contributed by atoms with Crippen LogP contribution in [0, 0.1) is 5.41 Å². The van der Waals surface area contributed by atoms with Gasteiger partial charge < -0.3 is 9.67 Å². The number of para-hydroxylation sites is 1. The number of benzene rings is 1. The van der Waals surface area contributed by atoms with Gasteiger partial charge in [0.2, 0.25) is 0 Å². The first-order valence-corrected chi connectivity index (χ1v) is 8.79. The summed E-state index contributed by atoms with van der Waals surface area (Å²) in [5, 5.41) is 19.5. The van der Waals surface area contributed by atoms with Crippen molar-refractivity contribution in [3.8, 4) is 0 Å². The van der Waals surface area contributed by atoms with Crippen LogP contribution in [0.15, 0.2) is 42.7 Å². The molecule has 2 saturated carbocycles. The van der Waals surface area contributed by atoms with Crippen molar-refractivity contribution >= 4 is 16.9 Å². The van der Waals surface area contributed by atoms with Crippen molar-refractivity contribution in [3.05, 3.63) is 48.4 Å². The summed E-state index contributed by atoms with van der Waals surface area (Å²) in [7, 11) is 0. The minimum Gasteiger partial charge on any atom is -0.481 e. The molecule has 128 valence electrons. The van der Waals surface area contributed by atoms with Gasteiger partial charge in [-0.25, -0.2) is 4.68 Å². The molecule has 2 aliphatic carbocycles.